The second kappa shape index (κ2) is 5.68. The molecule has 0 bridgehead atoms. The standard InChI is InChI=1S/C11H6BrClN2O3S/c12-5-3-6(9(13)14-4-5)10(16)15-8-2-1-7(19-8)11(17)18/h1-4H,(H,15,16)(H,17,18). The maximum Gasteiger partial charge on any atom is 0.345 e. The minimum atomic E-state index is -1.03. The van der Waals surface area contributed by atoms with Crippen LogP contribution in [-0.4, -0.2) is 22.0 Å². The van der Waals surface area contributed by atoms with E-state index in [4.69, 9.17) is 16.7 Å². The van der Waals surface area contributed by atoms with Gasteiger partial charge < -0.3 is 10.4 Å². The Hall–Kier alpha value is -1.44. The summed E-state index contributed by atoms with van der Waals surface area (Å²) in [5.41, 5.74) is 0.210. The van der Waals surface area contributed by atoms with Gasteiger partial charge in [0.1, 0.15) is 10.0 Å². The van der Waals surface area contributed by atoms with E-state index in [2.05, 4.69) is 26.2 Å². The van der Waals surface area contributed by atoms with Crippen LogP contribution < -0.4 is 5.32 Å². The molecule has 0 atom stereocenters. The highest BCUT2D eigenvalue weighted by molar-refractivity contribution is 9.10. The van der Waals surface area contributed by atoms with E-state index in [1.165, 1.54) is 24.4 Å². The van der Waals surface area contributed by atoms with Crippen molar-refractivity contribution in [2.45, 2.75) is 0 Å². The summed E-state index contributed by atoms with van der Waals surface area (Å²) in [5, 5.41) is 11.9. The van der Waals surface area contributed by atoms with E-state index in [0.717, 1.165) is 11.3 Å². The molecule has 0 radical (unpaired) electrons. The number of thiophene rings is 1. The number of nitrogens with one attached hydrogen (secondary N) is 1. The number of rotatable bonds is 3. The number of nitrogens with zero attached hydrogens (tertiary/aromatic N) is 1. The third kappa shape index (κ3) is 3.31. The van der Waals surface area contributed by atoms with Gasteiger partial charge in [-0.25, -0.2) is 9.78 Å². The third-order valence-corrected chi connectivity index (χ3v) is 3.83. The van der Waals surface area contributed by atoms with Crippen molar-refractivity contribution in [2.75, 3.05) is 5.32 Å². The summed E-state index contributed by atoms with van der Waals surface area (Å²) in [5.74, 6) is -1.48. The molecule has 0 aliphatic rings. The molecule has 2 aromatic heterocycles. The zero-order chi connectivity index (χ0) is 14.0. The van der Waals surface area contributed by atoms with Gasteiger partial charge in [0.25, 0.3) is 5.91 Å². The zero-order valence-corrected chi connectivity index (χ0v) is 12.3. The van der Waals surface area contributed by atoms with Crippen molar-refractivity contribution in [3.05, 3.63) is 44.5 Å². The predicted octanol–water partition coefficient (Wildman–Crippen LogP) is 3.51. The number of aromatic nitrogens is 1. The van der Waals surface area contributed by atoms with Crippen LogP contribution in [0.3, 0.4) is 0 Å². The molecule has 2 N–H and O–H groups in total. The summed E-state index contributed by atoms with van der Waals surface area (Å²) in [6, 6.07) is 4.48. The fourth-order valence-corrected chi connectivity index (χ4v) is 2.54. The first-order chi connectivity index (χ1) is 8.97. The Morgan fingerprint density at radius 2 is 2.16 bits per heavy atom. The Labute approximate surface area is 125 Å². The molecule has 0 unspecified atom stereocenters. The van der Waals surface area contributed by atoms with Gasteiger partial charge in [-0.3, -0.25) is 4.79 Å². The van der Waals surface area contributed by atoms with Crippen molar-refractivity contribution in [1.82, 2.24) is 4.98 Å². The number of anilines is 1. The van der Waals surface area contributed by atoms with Crippen LogP contribution in [0.2, 0.25) is 5.15 Å². The molecular weight excluding hydrogens is 356 g/mol. The number of pyridine rings is 1. The number of hydrogen-bond donors (Lipinski definition) is 2. The van der Waals surface area contributed by atoms with E-state index in [0.29, 0.717) is 9.47 Å². The molecule has 2 rings (SSSR count). The summed E-state index contributed by atoms with van der Waals surface area (Å²) >= 11 is 9.99. The van der Waals surface area contributed by atoms with Crippen LogP contribution in [-0.2, 0) is 0 Å². The molecule has 0 saturated carbocycles. The Morgan fingerprint density at radius 3 is 2.79 bits per heavy atom. The monoisotopic (exact) mass is 360 g/mol. The summed E-state index contributed by atoms with van der Waals surface area (Å²) in [6.07, 6.45) is 1.48. The molecule has 0 aromatic carbocycles. The molecule has 0 saturated heterocycles. The van der Waals surface area contributed by atoms with Crippen LogP contribution in [0, 0.1) is 0 Å². The van der Waals surface area contributed by atoms with Gasteiger partial charge in [-0.2, -0.15) is 0 Å². The minimum Gasteiger partial charge on any atom is -0.477 e. The lowest BCUT2D eigenvalue weighted by molar-refractivity contribution is 0.0702. The largest absolute Gasteiger partial charge is 0.477 e. The van der Waals surface area contributed by atoms with Crippen LogP contribution in [0.5, 0.6) is 0 Å². The molecule has 98 valence electrons. The van der Waals surface area contributed by atoms with Crippen molar-refractivity contribution in [3.63, 3.8) is 0 Å². The maximum atomic E-state index is 12.0. The average molecular weight is 362 g/mol. The van der Waals surface area contributed by atoms with E-state index in [-0.39, 0.29) is 15.6 Å². The lowest BCUT2D eigenvalue weighted by Crippen LogP contribution is -2.12. The number of hydrogen-bond acceptors (Lipinski definition) is 4. The topological polar surface area (TPSA) is 79.3 Å². The smallest absolute Gasteiger partial charge is 0.345 e. The fourth-order valence-electron chi connectivity index (χ4n) is 1.28. The maximum absolute atomic E-state index is 12.0. The van der Waals surface area contributed by atoms with E-state index in [1.807, 2.05) is 0 Å². The molecule has 0 aliphatic carbocycles. The summed E-state index contributed by atoms with van der Waals surface area (Å²) in [4.78, 5) is 26.7. The Morgan fingerprint density at radius 1 is 1.42 bits per heavy atom. The first-order valence-electron chi connectivity index (χ1n) is 4.93. The second-order valence-corrected chi connectivity index (χ2v) is 5.77. The van der Waals surface area contributed by atoms with Crippen LogP contribution >= 0.6 is 38.9 Å². The quantitative estimate of drug-likeness (QED) is 0.820. The molecule has 5 nitrogen and oxygen atoms in total. The van der Waals surface area contributed by atoms with E-state index in [9.17, 15) is 9.59 Å². The van der Waals surface area contributed by atoms with Crippen molar-refractivity contribution in [1.29, 1.82) is 0 Å². The lowest BCUT2D eigenvalue weighted by atomic mass is 10.3. The van der Waals surface area contributed by atoms with Gasteiger partial charge in [0.2, 0.25) is 0 Å². The SMILES string of the molecule is O=C(O)c1ccc(NC(=O)c2cc(Br)cnc2Cl)s1. The molecule has 8 heteroatoms. The molecule has 2 aromatic rings. The molecule has 0 fully saturated rings. The van der Waals surface area contributed by atoms with Gasteiger partial charge in [0.05, 0.1) is 10.6 Å². The highest BCUT2D eigenvalue weighted by Crippen LogP contribution is 2.24. The highest BCUT2D eigenvalue weighted by Gasteiger charge is 2.14. The molecule has 0 spiro atoms. The molecule has 2 heterocycles. The molecule has 0 aliphatic heterocycles. The lowest BCUT2D eigenvalue weighted by Gasteiger charge is -2.04. The number of carbonyl (C=O) groups excluding carboxylic acids is 1. The van der Waals surface area contributed by atoms with Gasteiger partial charge in [-0.15, -0.1) is 11.3 Å². The normalized spacial score (nSPS) is 10.2. The van der Waals surface area contributed by atoms with Crippen molar-refractivity contribution in [3.8, 4) is 0 Å². The third-order valence-electron chi connectivity index (χ3n) is 2.10. The van der Waals surface area contributed by atoms with Gasteiger partial charge in [-0.05, 0) is 34.1 Å². The summed E-state index contributed by atoms with van der Waals surface area (Å²) in [7, 11) is 0. The highest BCUT2D eigenvalue weighted by atomic mass is 79.9. The van der Waals surface area contributed by atoms with Crippen LogP contribution in [0.15, 0.2) is 28.9 Å². The number of carboxylic acids is 1. The number of carboxylic acid groups (broad SMARTS) is 1. The van der Waals surface area contributed by atoms with Crippen molar-refractivity contribution < 1.29 is 14.7 Å². The number of aromatic carboxylic acids is 1. The van der Waals surface area contributed by atoms with Gasteiger partial charge in [0.15, 0.2) is 0 Å². The van der Waals surface area contributed by atoms with Gasteiger partial charge >= 0.3 is 5.97 Å². The van der Waals surface area contributed by atoms with Crippen LogP contribution in [0.1, 0.15) is 20.0 Å². The second-order valence-electron chi connectivity index (χ2n) is 3.42. The first kappa shape index (κ1) is 14.0. The summed E-state index contributed by atoms with van der Waals surface area (Å²) < 4.78 is 0.624. The van der Waals surface area contributed by atoms with Gasteiger partial charge in [0, 0.05) is 10.7 Å². The minimum absolute atomic E-state index is 0.0794. The Bertz CT molecular complexity index is 659. The Balaban J connectivity index is 2.20. The first-order valence-corrected chi connectivity index (χ1v) is 6.91. The Kier molecular flexibility index (Phi) is 4.18. The van der Waals surface area contributed by atoms with Crippen molar-refractivity contribution in [2.24, 2.45) is 0 Å². The van der Waals surface area contributed by atoms with E-state index in [1.54, 1.807) is 0 Å². The molecule has 1 amide bonds. The van der Waals surface area contributed by atoms with Gasteiger partial charge in [-0.1, -0.05) is 11.6 Å². The molecule has 19 heavy (non-hydrogen) atoms. The van der Waals surface area contributed by atoms with Crippen LogP contribution in [0.4, 0.5) is 5.00 Å². The molecular formula is C11H6BrClN2O3S. The van der Waals surface area contributed by atoms with Crippen molar-refractivity contribution >= 4 is 55.7 Å². The predicted molar refractivity (Wildman–Crippen MR) is 76.2 cm³/mol. The van der Waals surface area contributed by atoms with E-state index < -0.39 is 11.9 Å². The number of halogens is 2. The number of amides is 1. The van der Waals surface area contributed by atoms with Crippen LogP contribution in [0.25, 0.3) is 0 Å². The summed E-state index contributed by atoms with van der Waals surface area (Å²) in [6.45, 7) is 0. The number of carbonyl (C=O) groups is 2. The average Bonchev–Trinajstić information content (AvgIpc) is 2.80. The van der Waals surface area contributed by atoms with E-state index >= 15 is 0 Å². The zero-order valence-electron chi connectivity index (χ0n) is 9.18. The fraction of sp³-hybridized carbons (Fsp3) is 0.